The molecule has 0 atom stereocenters. The average molecular weight is 224 g/mol. The lowest BCUT2D eigenvalue weighted by Gasteiger charge is -2.22. The van der Waals surface area contributed by atoms with Crippen LogP contribution in [0.2, 0.25) is 0 Å². The van der Waals surface area contributed by atoms with Gasteiger partial charge in [0, 0.05) is 12.1 Å². The first kappa shape index (κ1) is 12.4. The van der Waals surface area contributed by atoms with E-state index >= 15 is 0 Å². The maximum Gasteiger partial charge on any atom is 0.0124 e. The predicted octanol–water partition coefficient (Wildman–Crippen LogP) is 2.49. The standard InChI is InChI=1S/C14H28N2/c1-11(2)16(3)10-4-9-15-14(12-5-6-12)13-7-8-13/h11-15H,4-10H2,1-3H3. The minimum absolute atomic E-state index is 0.683. The molecule has 0 saturated heterocycles. The highest BCUT2D eigenvalue weighted by Gasteiger charge is 2.40. The highest BCUT2D eigenvalue weighted by Crippen LogP contribution is 2.44. The van der Waals surface area contributed by atoms with Crippen molar-refractivity contribution < 1.29 is 0 Å². The van der Waals surface area contributed by atoms with E-state index in [2.05, 4.69) is 31.1 Å². The van der Waals surface area contributed by atoms with Crippen LogP contribution in [0.1, 0.15) is 46.0 Å². The van der Waals surface area contributed by atoms with E-state index < -0.39 is 0 Å². The quantitative estimate of drug-likeness (QED) is 0.637. The zero-order chi connectivity index (χ0) is 11.5. The van der Waals surface area contributed by atoms with Crippen LogP contribution in [-0.2, 0) is 0 Å². The van der Waals surface area contributed by atoms with Gasteiger partial charge in [-0.25, -0.2) is 0 Å². The Kier molecular flexibility index (Phi) is 4.26. The van der Waals surface area contributed by atoms with E-state index in [0.29, 0.717) is 6.04 Å². The fraction of sp³-hybridized carbons (Fsp3) is 1.00. The van der Waals surface area contributed by atoms with Crippen LogP contribution in [0.25, 0.3) is 0 Å². The van der Waals surface area contributed by atoms with Gasteiger partial charge in [-0.1, -0.05) is 0 Å². The Morgan fingerprint density at radius 2 is 1.69 bits per heavy atom. The molecule has 2 aliphatic rings. The molecule has 0 unspecified atom stereocenters. The van der Waals surface area contributed by atoms with Gasteiger partial charge in [-0.15, -0.1) is 0 Å². The molecule has 2 heteroatoms. The van der Waals surface area contributed by atoms with Gasteiger partial charge in [0.15, 0.2) is 0 Å². The van der Waals surface area contributed by atoms with Gasteiger partial charge in [0.2, 0.25) is 0 Å². The van der Waals surface area contributed by atoms with E-state index in [4.69, 9.17) is 0 Å². The van der Waals surface area contributed by atoms with Crippen LogP contribution in [-0.4, -0.2) is 37.1 Å². The summed E-state index contributed by atoms with van der Waals surface area (Å²) in [5, 5.41) is 3.81. The first-order chi connectivity index (χ1) is 7.68. The summed E-state index contributed by atoms with van der Waals surface area (Å²) < 4.78 is 0. The zero-order valence-electron chi connectivity index (χ0n) is 11.2. The molecule has 1 N–H and O–H groups in total. The second-order valence-corrected chi connectivity index (χ2v) is 6.08. The van der Waals surface area contributed by atoms with Crippen molar-refractivity contribution in [1.82, 2.24) is 10.2 Å². The van der Waals surface area contributed by atoms with Gasteiger partial charge in [0.05, 0.1) is 0 Å². The number of hydrogen-bond donors (Lipinski definition) is 1. The molecule has 0 amide bonds. The van der Waals surface area contributed by atoms with Crippen molar-refractivity contribution >= 4 is 0 Å². The van der Waals surface area contributed by atoms with Gasteiger partial charge in [-0.3, -0.25) is 0 Å². The Morgan fingerprint density at radius 3 is 2.12 bits per heavy atom. The minimum Gasteiger partial charge on any atom is -0.313 e. The summed E-state index contributed by atoms with van der Waals surface area (Å²) in [6.07, 6.45) is 7.24. The van der Waals surface area contributed by atoms with E-state index in [-0.39, 0.29) is 0 Å². The van der Waals surface area contributed by atoms with E-state index in [1.807, 2.05) is 0 Å². The molecular formula is C14H28N2. The first-order valence-electron chi connectivity index (χ1n) is 7.12. The Morgan fingerprint density at radius 1 is 1.12 bits per heavy atom. The van der Waals surface area contributed by atoms with Gasteiger partial charge in [0.25, 0.3) is 0 Å². The summed E-state index contributed by atoms with van der Waals surface area (Å²) in [6.45, 7) is 6.98. The summed E-state index contributed by atoms with van der Waals surface area (Å²) in [5.74, 6) is 2.07. The molecule has 2 rings (SSSR count). The van der Waals surface area contributed by atoms with Crippen molar-refractivity contribution in [2.75, 3.05) is 20.1 Å². The molecule has 2 fully saturated rings. The number of rotatable bonds is 8. The van der Waals surface area contributed by atoms with Crippen molar-refractivity contribution in [3.8, 4) is 0 Å². The number of hydrogen-bond acceptors (Lipinski definition) is 2. The Labute approximate surface area is 101 Å². The molecule has 0 aromatic rings. The van der Waals surface area contributed by atoms with Crippen LogP contribution in [0.4, 0.5) is 0 Å². The molecular weight excluding hydrogens is 196 g/mol. The normalized spacial score (nSPS) is 21.4. The maximum absolute atomic E-state index is 3.81. The summed E-state index contributed by atoms with van der Waals surface area (Å²) in [7, 11) is 2.23. The van der Waals surface area contributed by atoms with E-state index in [1.54, 1.807) is 0 Å². The lowest BCUT2D eigenvalue weighted by molar-refractivity contribution is 0.265. The van der Waals surface area contributed by atoms with Crippen LogP contribution < -0.4 is 5.32 Å². The van der Waals surface area contributed by atoms with Crippen LogP contribution in [0.3, 0.4) is 0 Å². The first-order valence-corrected chi connectivity index (χ1v) is 7.12. The lowest BCUT2D eigenvalue weighted by atomic mass is 10.1. The van der Waals surface area contributed by atoms with Gasteiger partial charge >= 0.3 is 0 Å². The van der Waals surface area contributed by atoms with Crippen molar-refractivity contribution in [2.24, 2.45) is 11.8 Å². The molecule has 0 aromatic heterocycles. The van der Waals surface area contributed by atoms with E-state index in [0.717, 1.165) is 17.9 Å². The fourth-order valence-electron chi connectivity index (χ4n) is 2.48. The van der Waals surface area contributed by atoms with Gasteiger partial charge in [0.1, 0.15) is 0 Å². The highest BCUT2D eigenvalue weighted by molar-refractivity contribution is 4.96. The van der Waals surface area contributed by atoms with Crippen molar-refractivity contribution in [2.45, 2.75) is 58.0 Å². The van der Waals surface area contributed by atoms with E-state index in [9.17, 15) is 0 Å². The minimum atomic E-state index is 0.683. The molecule has 16 heavy (non-hydrogen) atoms. The highest BCUT2D eigenvalue weighted by atomic mass is 15.1. The molecule has 0 heterocycles. The van der Waals surface area contributed by atoms with Crippen LogP contribution in [0, 0.1) is 11.8 Å². The second-order valence-electron chi connectivity index (χ2n) is 6.08. The zero-order valence-corrected chi connectivity index (χ0v) is 11.2. The Hall–Kier alpha value is -0.0800. The van der Waals surface area contributed by atoms with Crippen molar-refractivity contribution in [3.63, 3.8) is 0 Å². The maximum atomic E-state index is 3.81. The molecule has 0 spiro atoms. The third-order valence-electron chi connectivity index (χ3n) is 4.21. The molecule has 2 nitrogen and oxygen atoms in total. The van der Waals surface area contributed by atoms with Crippen LogP contribution in [0.5, 0.6) is 0 Å². The SMILES string of the molecule is CC(C)N(C)CCCNC(C1CC1)C1CC1. The van der Waals surface area contributed by atoms with E-state index in [1.165, 1.54) is 45.2 Å². The third kappa shape index (κ3) is 3.74. The van der Waals surface area contributed by atoms with Gasteiger partial charge in [-0.2, -0.15) is 0 Å². The van der Waals surface area contributed by atoms with Crippen LogP contribution in [0.15, 0.2) is 0 Å². The van der Waals surface area contributed by atoms with Crippen molar-refractivity contribution in [1.29, 1.82) is 0 Å². The van der Waals surface area contributed by atoms with Crippen molar-refractivity contribution in [3.05, 3.63) is 0 Å². The summed E-state index contributed by atoms with van der Waals surface area (Å²) in [5.41, 5.74) is 0. The smallest absolute Gasteiger partial charge is 0.0124 e. The molecule has 0 bridgehead atoms. The number of nitrogens with zero attached hydrogens (tertiary/aromatic N) is 1. The average Bonchev–Trinajstić information content (AvgIpc) is 3.10. The van der Waals surface area contributed by atoms with Gasteiger partial charge in [-0.05, 0) is 77.9 Å². The molecule has 0 radical (unpaired) electrons. The molecule has 0 aromatic carbocycles. The summed E-state index contributed by atoms with van der Waals surface area (Å²) >= 11 is 0. The predicted molar refractivity (Wildman–Crippen MR) is 69.6 cm³/mol. The van der Waals surface area contributed by atoms with Crippen LogP contribution >= 0.6 is 0 Å². The molecule has 94 valence electrons. The molecule has 2 aliphatic carbocycles. The Balaban J connectivity index is 1.56. The molecule has 0 aliphatic heterocycles. The Bertz CT molecular complexity index is 195. The fourth-order valence-corrected chi connectivity index (χ4v) is 2.48. The molecule has 2 saturated carbocycles. The number of nitrogens with one attached hydrogen (secondary N) is 1. The van der Waals surface area contributed by atoms with Gasteiger partial charge < -0.3 is 10.2 Å². The largest absolute Gasteiger partial charge is 0.313 e. The lowest BCUT2D eigenvalue weighted by Crippen LogP contribution is -2.36. The third-order valence-corrected chi connectivity index (χ3v) is 4.21. The summed E-state index contributed by atoms with van der Waals surface area (Å²) in [6, 6.07) is 1.56. The second kappa shape index (κ2) is 5.50. The monoisotopic (exact) mass is 224 g/mol. The summed E-state index contributed by atoms with van der Waals surface area (Å²) in [4.78, 5) is 2.44. The topological polar surface area (TPSA) is 15.3 Å².